The summed E-state index contributed by atoms with van der Waals surface area (Å²) in [6.07, 6.45) is 2.79. The summed E-state index contributed by atoms with van der Waals surface area (Å²) in [5.41, 5.74) is 1.17. The fourth-order valence-electron chi connectivity index (χ4n) is 1.49. The molecular weight excluding hydrogens is 264 g/mol. The molecule has 0 aliphatic heterocycles. The molecule has 1 aromatic heterocycles. The number of thioether (sulfide) groups is 1. The lowest BCUT2D eigenvalue weighted by Gasteiger charge is -2.05. The highest BCUT2D eigenvalue weighted by Crippen LogP contribution is 2.17. The summed E-state index contributed by atoms with van der Waals surface area (Å²) in [5.74, 6) is 1.05. The second-order valence-corrected chi connectivity index (χ2v) is 5.36. The van der Waals surface area contributed by atoms with E-state index in [-0.39, 0.29) is 0 Å². The van der Waals surface area contributed by atoms with Gasteiger partial charge >= 0.3 is 0 Å². The van der Waals surface area contributed by atoms with Gasteiger partial charge in [-0.05, 0) is 30.7 Å². The summed E-state index contributed by atoms with van der Waals surface area (Å²) >= 11 is 7.54. The van der Waals surface area contributed by atoms with Crippen molar-refractivity contribution < 1.29 is 0 Å². The van der Waals surface area contributed by atoms with Crippen molar-refractivity contribution in [3.05, 3.63) is 53.7 Å². The SMILES string of the molecule is Clc1ccc(SCCCNc2ccccc2)nc1. The summed E-state index contributed by atoms with van der Waals surface area (Å²) in [5, 5.41) is 5.10. The van der Waals surface area contributed by atoms with E-state index in [2.05, 4.69) is 22.4 Å². The van der Waals surface area contributed by atoms with Crippen LogP contribution < -0.4 is 5.32 Å². The van der Waals surface area contributed by atoms with E-state index in [9.17, 15) is 0 Å². The third-order valence-electron chi connectivity index (χ3n) is 2.37. The van der Waals surface area contributed by atoms with E-state index in [1.54, 1.807) is 18.0 Å². The molecule has 2 aromatic rings. The van der Waals surface area contributed by atoms with Crippen LogP contribution >= 0.6 is 23.4 Å². The molecule has 0 fully saturated rings. The maximum atomic E-state index is 5.78. The summed E-state index contributed by atoms with van der Waals surface area (Å²) in [4.78, 5) is 4.24. The number of pyridine rings is 1. The lowest BCUT2D eigenvalue weighted by molar-refractivity contribution is 0.987. The highest BCUT2D eigenvalue weighted by atomic mass is 35.5. The van der Waals surface area contributed by atoms with Gasteiger partial charge < -0.3 is 5.32 Å². The van der Waals surface area contributed by atoms with Crippen molar-refractivity contribution in [3.8, 4) is 0 Å². The number of anilines is 1. The molecule has 0 atom stereocenters. The van der Waals surface area contributed by atoms with Gasteiger partial charge in [-0.3, -0.25) is 0 Å². The van der Waals surface area contributed by atoms with Crippen LogP contribution in [0.25, 0.3) is 0 Å². The van der Waals surface area contributed by atoms with Gasteiger partial charge in [-0.15, -0.1) is 11.8 Å². The second kappa shape index (κ2) is 7.29. The number of para-hydroxylation sites is 1. The lowest BCUT2D eigenvalue weighted by atomic mass is 10.3. The zero-order chi connectivity index (χ0) is 12.6. The molecule has 1 N–H and O–H groups in total. The first-order chi connectivity index (χ1) is 8.84. The van der Waals surface area contributed by atoms with Crippen LogP contribution in [0.2, 0.25) is 5.02 Å². The number of benzene rings is 1. The number of hydrogen-bond acceptors (Lipinski definition) is 3. The largest absolute Gasteiger partial charge is 0.385 e. The minimum absolute atomic E-state index is 0.685. The molecule has 1 heterocycles. The zero-order valence-electron chi connectivity index (χ0n) is 9.97. The van der Waals surface area contributed by atoms with Crippen LogP contribution in [0.5, 0.6) is 0 Å². The van der Waals surface area contributed by atoms with E-state index in [4.69, 9.17) is 11.6 Å². The Morgan fingerprint density at radius 1 is 1.11 bits per heavy atom. The van der Waals surface area contributed by atoms with Crippen molar-refractivity contribution in [2.24, 2.45) is 0 Å². The van der Waals surface area contributed by atoms with Gasteiger partial charge in [0.1, 0.15) is 0 Å². The maximum absolute atomic E-state index is 5.78. The summed E-state index contributed by atoms with van der Waals surface area (Å²) in [6, 6.07) is 14.1. The second-order valence-electron chi connectivity index (χ2n) is 3.81. The van der Waals surface area contributed by atoms with Gasteiger partial charge in [-0.25, -0.2) is 4.98 Å². The molecule has 1 aromatic carbocycles. The van der Waals surface area contributed by atoms with Crippen LogP contribution in [-0.4, -0.2) is 17.3 Å². The van der Waals surface area contributed by atoms with E-state index in [0.717, 1.165) is 23.7 Å². The average Bonchev–Trinajstić information content (AvgIpc) is 2.42. The molecule has 4 heteroatoms. The Bertz CT molecular complexity index is 459. The molecule has 0 amide bonds. The monoisotopic (exact) mass is 278 g/mol. The average molecular weight is 279 g/mol. The summed E-state index contributed by atoms with van der Waals surface area (Å²) < 4.78 is 0. The first-order valence-corrected chi connectivity index (χ1v) is 7.24. The standard InChI is InChI=1S/C14H15ClN2S/c15-12-7-8-14(17-11-12)18-10-4-9-16-13-5-2-1-3-6-13/h1-3,5-8,11,16H,4,9-10H2. The number of aromatic nitrogens is 1. The first-order valence-electron chi connectivity index (χ1n) is 5.88. The highest BCUT2D eigenvalue weighted by Gasteiger charge is 1.96. The van der Waals surface area contributed by atoms with E-state index >= 15 is 0 Å². The van der Waals surface area contributed by atoms with Crippen molar-refractivity contribution >= 4 is 29.1 Å². The third kappa shape index (κ3) is 4.59. The van der Waals surface area contributed by atoms with Crippen LogP contribution in [0.15, 0.2) is 53.7 Å². The Morgan fingerprint density at radius 3 is 2.67 bits per heavy atom. The predicted octanol–water partition coefficient (Wildman–Crippen LogP) is 4.33. The van der Waals surface area contributed by atoms with Crippen molar-refractivity contribution in [2.45, 2.75) is 11.4 Å². The van der Waals surface area contributed by atoms with E-state index in [1.807, 2.05) is 30.3 Å². The molecule has 0 spiro atoms. The van der Waals surface area contributed by atoms with Gasteiger partial charge in [0.05, 0.1) is 10.0 Å². The molecule has 0 saturated heterocycles. The van der Waals surface area contributed by atoms with Crippen LogP contribution in [0.4, 0.5) is 5.69 Å². The minimum atomic E-state index is 0.685. The molecule has 94 valence electrons. The van der Waals surface area contributed by atoms with Crippen molar-refractivity contribution in [3.63, 3.8) is 0 Å². The van der Waals surface area contributed by atoms with Gasteiger partial charge in [-0.2, -0.15) is 0 Å². The molecule has 0 saturated carbocycles. The normalized spacial score (nSPS) is 10.3. The molecule has 0 unspecified atom stereocenters. The Balaban J connectivity index is 1.63. The van der Waals surface area contributed by atoms with E-state index < -0.39 is 0 Å². The van der Waals surface area contributed by atoms with Crippen LogP contribution in [0.3, 0.4) is 0 Å². The maximum Gasteiger partial charge on any atom is 0.0960 e. The van der Waals surface area contributed by atoms with Crippen molar-refractivity contribution in [1.29, 1.82) is 0 Å². The van der Waals surface area contributed by atoms with Gasteiger partial charge in [-0.1, -0.05) is 29.8 Å². The molecule has 2 rings (SSSR count). The molecular formula is C14H15ClN2S. The van der Waals surface area contributed by atoms with E-state index in [0.29, 0.717) is 5.02 Å². The molecule has 2 nitrogen and oxygen atoms in total. The fraction of sp³-hybridized carbons (Fsp3) is 0.214. The number of rotatable bonds is 6. The predicted molar refractivity (Wildman–Crippen MR) is 79.5 cm³/mol. The molecule has 0 radical (unpaired) electrons. The van der Waals surface area contributed by atoms with Crippen LogP contribution in [-0.2, 0) is 0 Å². The number of nitrogens with one attached hydrogen (secondary N) is 1. The zero-order valence-corrected chi connectivity index (χ0v) is 11.5. The minimum Gasteiger partial charge on any atom is -0.385 e. The summed E-state index contributed by atoms with van der Waals surface area (Å²) in [7, 11) is 0. The molecule has 0 aliphatic carbocycles. The van der Waals surface area contributed by atoms with Crippen LogP contribution in [0.1, 0.15) is 6.42 Å². The topological polar surface area (TPSA) is 24.9 Å². The van der Waals surface area contributed by atoms with Crippen molar-refractivity contribution in [1.82, 2.24) is 4.98 Å². The Kier molecular flexibility index (Phi) is 5.36. The lowest BCUT2D eigenvalue weighted by Crippen LogP contribution is -2.02. The Morgan fingerprint density at radius 2 is 1.94 bits per heavy atom. The smallest absolute Gasteiger partial charge is 0.0960 e. The Labute approximate surface area is 117 Å². The van der Waals surface area contributed by atoms with E-state index in [1.165, 1.54) is 5.69 Å². The quantitative estimate of drug-likeness (QED) is 0.629. The molecule has 0 aliphatic rings. The number of halogens is 1. The number of nitrogens with zero attached hydrogens (tertiary/aromatic N) is 1. The highest BCUT2D eigenvalue weighted by molar-refractivity contribution is 7.99. The first kappa shape index (κ1) is 13.2. The summed E-state index contributed by atoms with van der Waals surface area (Å²) in [6.45, 7) is 0.977. The third-order valence-corrected chi connectivity index (χ3v) is 3.63. The fourth-order valence-corrected chi connectivity index (χ4v) is 2.39. The van der Waals surface area contributed by atoms with Gasteiger partial charge in [0.2, 0.25) is 0 Å². The van der Waals surface area contributed by atoms with Crippen LogP contribution in [0, 0.1) is 0 Å². The Hall–Kier alpha value is -1.19. The van der Waals surface area contributed by atoms with Gasteiger partial charge in [0.25, 0.3) is 0 Å². The molecule has 18 heavy (non-hydrogen) atoms. The van der Waals surface area contributed by atoms with Gasteiger partial charge in [0.15, 0.2) is 0 Å². The number of hydrogen-bond donors (Lipinski definition) is 1. The van der Waals surface area contributed by atoms with Crippen molar-refractivity contribution in [2.75, 3.05) is 17.6 Å². The van der Waals surface area contributed by atoms with Gasteiger partial charge in [0, 0.05) is 24.2 Å². The molecule has 0 bridgehead atoms.